The molecule has 0 saturated heterocycles. The Labute approximate surface area is 162 Å². The van der Waals surface area contributed by atoms with Crippen LogP contribution in [-0.2, 0) is 6.42 Å². The molecule has 2 aromatic heterocycles. The van der Waals surface area contributed by atoms with E-state index < -0.39 is 0 Å². The summed E-state index contributed by atoms with van der Waals surface area (Å²) >= 11 is 3.42. The van der Waals surface area contributed by atoms with E-state index in [1.165, 1.54) is 15.6 Å². The van der Waals surface area contributed by atoms with Crippen LogP contribution in [-0.4, -0.2) is 37.6 Å². The van der Waals surface area contributed by atoms with Gasteiger partial charge in [-0.1, -0.05) is 18.2 Å². The number of urea groups is 1. The number of nitrogens with one attached hydrogen (secondary N) is 2. The van der Waals surface area contributed by atoms with Gasteiger partial charge >= 0.3 is 6.03 Å². The number of hydrogen-bond acceptors (Lipinski definition) is 4. The van der Waals surface area contributed by atoms with E-state index in [1.807, 2.05) is 18.4 Å². The summed E-state index contributed by atoms with van der Waals surface area (Å²) in [5.74, 6) is 0. The van der Waals surface area contributed by atoms with E-state index >= 15 is 0 Å². The number of amides is 2. The quantitative estimate of drug-likeness (QED) is 0.627. The first-order valence-electron chi connectivity index (χ1n) is 8.72. The Morgan fingerprint density at radius 2 is 2.00 bits per heavy atom. The van der Waals surface area contributed by atoms with Gasteiger partial charge in [-0.3, -0.25) is 0 Å². The number of fused-ring (bicyclic) bond motifs is 1. The molecule has 0 spiro atoms. The fourth-order valence-corrected chi connectivity index (χ4v) is 4.67. The van der Waals surface area contributed by atoms with Gasteiger partial charge in [0.15, 0.2) is 0 Å². The van der Waals surface area contributed by atoms with Crippen LogP contribution in [0.2, 0.25) is 0 Å². The second-order valence-corrected chi connectivity index (χ2v) is 8.40. The number of hydrogen-bond donors (Lipinski definition) is 2. The molecule has 138 valence electrons. The molecular weight excluding hydrogens is 362 g/mol. The Morgan fingerprint density at radius 1 is 1.19 bits per heavy atom. The molecule has 6 heteroatoms. The third-order valence-corrected chi connectivity index (χ3v) is 6.35. The first-order valence-corrected chi connectivity index (χ1v) is 10.5. The maximum absolute atomic E-state index is 12.3. The third kappa shape index (κ3) is 4.63. The highest BCUT2D eigenvalue weighted by atomic mass is 32.1. The summed E-state index contributed by atoms with van der Waals surface area (Å²) in [6, 6.07) is 10.7. The second kappa shape index (κ2) is 8.66. The van der Waals surface area contributed by atoms with Crippen LogP contribution in [0.1, 0.15) is 24.1 Å². The molecule has 2 amide bonds. The number of likely N-dealkylation sites (N-methyl/N-ethyl adjacent to an activating group) is 1. The van der Waals surface area contributed by atoms with Gasteiger partial charge in [-0.15, -0.1) is 11.3 Å². The van der Waals surface area contributed by atoms with Crippen molar-refractivity contribution in [3.05, 3.63) is 57.6 Å². The highest BCUT2D eigenvalue weighted by Crippen LogP contribution is 2.27. The summed E-state index contributed by atoms with van der Waals surface area (Å²) in [5.41, 5.74) is 2.48. The molecule has 3 rings (SSSR count). The summed E-state index contributed by atoms with van der Waals surface area (Å²) < 4.78 is 1.32. The van der Waals surface area contributed by atoms with E-state index in [1.54, 1.807) is 22.7 Å². The zero-order chi connectivity index (χ0) is 18.5. The molecule has 0 unspecified atom stereocenters. The lowest BCUT2D eigenvalue weighted by atomic mass is 10.0. The van der Waals surface area contributed by atoms with Gasteiger partial charge < -0.3 is 15.5 Å². The Kier molecular flexibility index (Phi) is 6.29. The fraction of sp³-hybridized carbons (Fsp3) is 0.350. The highest BCUT2D eigenvalue weighted by molar-refractivity contribution is 7.17. The minimum atomic E-state index is -0.120. The molecule has 0 aliphatic carbocycles. The number of thiophene rings is 2. The Morgan fingerprint density at radius 3 is 2.73 bits per heavy atom. The van der Waals surface area contributed by atoms with Crippen molar-refractivity contribution in [2.45, 2.75) is 25.4 Å². The molecule has 0 aliphatic rings. The predicted octanol–water partition coefficient (Wildman–Crippen LogP) is 4.50. The number of benzene rings is 1. The maximum atomic E-state index is 12.3. The first-order chi connectivity index (χ1) is 12.5. The molecular formula is C20H25N3OS2. The highest BCUT2D eigenvalue weighted by Gasteiger charge is 2.17. The number of rotatable bonds is 7. The summed E-state index contributed by atoms with van der Waals surface area (Å²) in [6.07, 6.45) is 0.914. The molecule has 0 aliphatic heterocycles. The van der Waals surface area contributed by atoms with Gasteiger partial charge in [0.1, 0.15) is 0 Å². The third-order valence-electron chi connectivity index (χ3n) is 4.64. The Balaban J connectivity index is 1.57. The van der Waals surface area contributed by atoms with Crippen LogP contribution < -0.4 is 10.6 Å². The summed E-state index contributed by atoms with van der Waals surface area (Å²) in [7, 11) is 4.12. The largest absolute Gasteiger partial charge is 0.337 e. The normalized spacial score (nSPS) is 13.7. The van der Waals surface area contributed by atoms with Gasteiger partial charge in [-0.2, -0.15) is 11.3 Å². The van der Waals surface area contributed by atoms with Crippen LogP contribution in [0.4, 0.5) is 4.79 Å². The Bertz CT molecular complexity index is 842. The van der Waals surface area contributed by atoms with Gasteiger partial charge in [-0.25, -0.2) is 4.79 Å². The van der Waals surface area contributed by atoms with Crippen molar-refractivity contribution in [2.75, 3.05) is 20.6 Å². The average Bonchev–Trinajstić information content (AvgIpc) is 3.28. The van der Waals surface area contributed by atoms with E-state index in [-0.39, 0.29) is 18.1 Å². The lowest BCUT2D eigenvalue weighted by molar-refractivity contribution is 0.229. The van der Waals surface area contributed by atoms with Crippen LogP contribution in [0.5, 0.6) is 0 Å². The van der Waals surface area contributed by atoms with E-state index in [9.17, 15) is 4.79 Å². The molecule has 2 N–H and O–H groups in total. The zero-order valence-corrected chi connectivity index (χ0v) is 17.0. The predicted molar refractivity (Wildman–Crippen MR) is 112 cm³/mol. The lowest BCUT2D eigenvalue weighted by Gasteiger charge is -2.25. The molecule has 26 heavy (non-hydrogen) atoms. The smallest absolute Gasteiger partial charge is 0.315 e. The van der Waals surface area contributed by atoms with Gasteiger partial charge in [0.2, 0.25) is 0 Å². The molecule has 3 aromatic rings. The van der Waals surface area contributed by atoms with Crippen molar-refractivity contribution in [3.8, 4) is 0 Å². The number of carbonyl (C=O) groups is 1. The van der Waals surface area contributed by atoms with E-state index in [4.69, 9.17) is 0 Å². The van der Waals surface area contributed by atoms with Gasteiger partial charge in [0.05, 0.1) is 6.04 Å². The van der Waals surface area contributed by atoms with E-state index in [0.717, 1.165) is 12.0 Å². The molecule has 0 radical (unpaired) electrons. The molecule has 4 nitrogen and oxygen atoms in total. The second-order valence-electron chi connectivity index (χ2n) is 6.71. The minimum absolute atomic E-state index is 0.0138. The molecule has 2 heterocycles. The van der Waals surface area contributed by atoms with Crippen molar-refractivity contribution in [1.29, 1.82) is 0 Å². The molecule has 0 saturated carbocycles. The van der Waals surface area contributed by atoms with Crippen LogP contribution in [0.15, 0.2) is 46.5 Å². The van der Waals surface area contributed by atoms with Crippen molar-refractivity contribution in [3.63, 3.8) is 0 Å². The first kappa shape index (κ1) is 18.9. The van der Waals surface area contributed by atoms with Gasteiger partial charge in [-0.05, 0) is 72.2 Å². The zero-order valence-electron chi connectivity index (χ0n) is 15.4. The van der Waals surface area contributed by atoms with Crippen molar-refractivity contribution >= 4 is 38.8 Å². The van der Waals surface area contributed by atoms with Gasteiger partial charge in [0.25, 0.3) is 0 Å². The van der Waals surface area contributed by atoms with Crippen molar-refractivity contribution < 1.29 is 4.79 Å². The SMILES string of the molecule is C[C@@H](NC(=O)NC[C@H](Cc1csc2ccccc12)N(C)C)c1ccsc1. The summed E-state index contributed by atoms with van der Waals surface area (Å²) in [4.78, 5) is 14.4. The molecule has 2 atom stereocenters. The van der Waals surface area contributed by atoms with E-state index in [2.05, 4.69) is 64.7 Å². The lowest BCUT2D eigenvalue weighted by Crippen LogP contribution is -2.45. The minimum Gasteiger partial charge on any atom is -0.337 e. The topological polar surface area (TPSA) is 44.4 Å². The van der Waals surface area contributed by atoms with Crippen molar-refractivity contribution in [1.82, 2.24) is 15.5 Å². The van der Waals surface area contributed by atoms with Crippen LogP contribution in [0, 0.1) is 0 Å². The average molecular weight is 388 g/mol. The van der Waals surface area contributed by atoms with Crippen LogP contribution >= 0.6 is 22.7 Å². The summed E-state index contributed by atoms with van der Waals surface area (Å²) in [5, 5.41) is 13.7. The standard InChI is InChI=1S/C20H25N3OS2/c1-14(15-8-9-25-12-15)22-20(24)21-11-17(23(2)3)10-16-13-26-19-7-5-4-6-18(16)19/h4-9,12-14,17H,10-11H2,1-3H3,(H2,21,22,24)/t14-,17+/m1/s1. The van der Waals surface area contributed by atoms with Crippen LogP contribution in [0.25, 0.3) is 10.1 Å². The van der Waals surface area contributed by atoms with Gasteiger partial charge in [0, 0.05) is 17.3 Å². The fourth-order valence-electron chi connectivity index (χ4n) is 2.94. The Hall–Kier alpha value is -1.89. The van der Waals surface area contributed by atoms with Crippen LogP contribution in [0.3, 0.4) is 0 Å². The number of nitrogens with zero attached hydrogens (tertiary/aromatic N) is 1. The molecule has 0 fully saturated rings. The summed E-state index contributed by atoms with van der Waals surface area (Å²) in [6.45, 7) is 2.61. The van der Waals surface area contributed by atoms with E-state index in [0.29, 0.717) is 6.54 Å². The molecule has 0 bridgehead atoms. The monoisotopic (exact) mass is 387 g/mol. The van der Waals surface area contributed by atoms with Crippen molar-refractivity contribution in [2.24, 2.45) is 0 Å². The number of carbonyl (C=O) groups excluding carboxylic acids is 1. The molecule has 1 aromatic carbocycles. The maximum Gasteiger partial charge on any atom is 0.315 e.